The first-order chi connectivity index (χ1) is 9.92. The summed E-state index contributed by atoms with van der Waals surface area (Å²) in [4.78, 5) is 0. The van der Waals surface area contributed by atoms with Crippen LogP contribution in [0.1, 0.15) is 37.7 Å². The van der Waals surface area contributed by atoms with Crippen LogP contribution in [0.2, 0.25) is 0 Å². The average molecular weight is 268 g/mol. The number of hydrogen-bond acceptors (Lipinski definition) is 1. The standard InChI is InChI=1S/C18H24N2/c1-2-6-16(7-3-1)14-19-15-17-8-10-18(11-9-17)20-12-4-5-13-20/h4-5,8-13,16,19H,1-3,6-7,14-15H2. The summed E-state index contributed by atoms with van der Waals surface area (Å²) >= 11 is 0. The number of benzene rings is 1. The van der Waals surface area contributed by atoms with Gasteiger partial charge in [0.15, 0.2) is 0 Å². The van der Waals surface area contributed by atoms with E-state index in [1.165, 1.54) is 49.9 Å². The zero-order chi connectivity index (χ0) is 13.6. The van der Waals surface area contributed by atoms with Crippen LogP contribution in [0.4, 0.5) is 0 Å². The Hall–Kier alpha value is -1.54. The highest BCUT2D eigenvalue weighted by atomic mass is 14.9. The number of nitrogens with zero attached hydrogens (tertiary/aromatic N) is 1. The Morgan fingerprint density at radius 2 is 1.65 bits per heavy atom. The van der Waals surface area contributed by atoms with Crippen LogP contribution < -0.4 is 5.32 Å². The van der Waals surface area contributed by atoms with E-state index < -0.39 is 0 Å². The molecule has 1 N–H and O–H groups in total. The van der Waals surface area contributed by atoms with Gasteiger partial charge >= 0.3 is 0 Å². The van der Waals surface area contributed by atoms with Crippen LogP contribution in [0.15, 0.2) is 48.8 Å². The van der Waals surface area contributed by atoms with Crippen LogP contribution in [-0.4, -0.2) is 11.1 Å². The molecule has 1 saturated carbocycles. The van der Waals surface area contributed by atoms with Crippen molar-refractivity contribution in [3.8, 4) is 5.69 Å². The van der Waals surface area contributed by atoms with Gasteiger partial charge in [-0.3, -0.25) is 0 Å². The van der Waals surface area contributed by atoms with E-state index in [0.717, 1.165) is 12.5 Å². The summed E-state index contributed by atoms with van der Waals surface area (Å²) in [7, 11) is 0. The van der Waals surface area contributed by atoms with Gasteiger partial charge in [0, 0.05) is 24.6 Å². The van der Waals surface area contributed by atoms with Gasteiger partial charge in [0.05, 0.1) is 0 Å². The van der Waals surface area contributed by atoms with E-state index in [4.69, 9.17) is 0 Å². The van der Waals surface area contributed by atoms with Gasteiger partial charge in [-0.1, -0.05) is 31.4 Å². The van der Waals surface area contributed by atoms with Gasteiger partial charge in [-0.25, -0.2) is 0 Å². The molecule has 20 heavy (non-hydrogen) atoms. The predicted molar refractivity (Wildman–Crippen MR) is 84.1 cm³/mol. The highest BCUT2D eigenvalue weighted by Crippen LogP contribution is 2.22. The molecule has 1 aliphatic carbocycles. The fraction of sp³-hybridized carbons (Fsp3) is 0.444. The first-order valence-electron chi connectivity index (χ1n) is 7.85. The van der Waals surface area contributed by atoms with E-state index in [1.54, 1.807) is 0 Å². The van der Waals surface area contributed by atoms with E-state index >= 15 is 0 Å². The smallest absolute Gasteiger partial charge is 0.0449 e. The van der Waals surface area contributed by atoms with E-state index in [1.807, 2.05) is 0 Å². The summed E-state index contributed by atoms with van der Waals surface area (Å²) in [6.07, 6.45) is 11.3. The van der Waals surface area contributed by atoms with Crippen LogP contribution >= 0.6 is 0 Å². The summed E-state index contributed by atoms with van der Waals surface area (Å²) in [6.45, 7) is 2.17. The Morgan fingerprint density at radius 3 is 2.35 bits per heavy atom. The van der Waals surface area contributed by atoms with Crippen LogP contribution in [0, 0.1) is 5.92 Å². The minimum atomic E-state index is 0.905. The first-order valence-corrected chi connectivity index (χ1v) is 7.85. The van der Waals surface area contributed by atoms with E-state index in [2.05, 4.69) is 58.7 Å². The summed E-state index contributed by atoms with van der Waals surface area (Å²) in [5.74, 6) is 0.905. The molecule has 2 aromatic rings. The third kappa shape index (κ3) is 3.51. The van der Waals surface area contributed by atoms with Crippen LogP contribution in [0.5, 0.6) is 0 Å². The maximum Gasteiger partial charge on any atom is 0.0449 e. The lowest BCUT2D eigenvalue weighted by Crippen LogP contribution is -2.24. The molecule has 1 heterocycles. The second-order valence-electron chi connectivity index (χ2n) is 5.89. The largest absolute Gasteiger partial charge is 0.324 e. The van der Waals surface area contributed by atoms with Gasteiger partial charge in [0.25, 0.3) is 0 Å². The first kappa shape index (κ1) is 13.4. The van der Waals surface area contributed by atoms with Gasteiger partial charge in [-0.15, -0.1) is 0 Å². The van der Waals surface area contributed by atoms with Crippen molar-refractivity contribution in [1.29, 1.82) is 0 Å². The fourth-order valence-electron chi connectivity index (χ4n) is 3.10. The molecular weight excluding hydrogens is 244 g/mol. The van der Waals surface area contributed by atoms with Crippen molar-refractivity contribution >= 4 is 0 Å². The lowest BCUT2D eigenvalue weighted by atomic mass is 9.89. The molecule has 3 rings (SSSR count). The quantitative estimate of drug-likeness (QED) is 0.862. The molecule has 0 atom stereocenters. The Morgan fingerprint density at radius 1 is 0.950 bits per heavy atom. The third-order valence-electron chi connectivity index (χ3n) is 4.33. The molecule has 1 fully saturated rings. The minimum absolute atomic E-state index is 0.905. The number of rotatable bonds is 5. The van der Waals surface area contributed by atoms with Crippen LogP contribution in [-0.2, 0) is 6.54 Å². The van der Waals surface area contributed by atoms with Crippen LogP contribution in [0.3, 0.4) is 0 Å². The second-order valence-corrected chi connectivity index (χ2v) is 5.89. The van der Waals surface area contributed by atoms with Gasteiger partial charge < -0.3 is 9.88 Å². The van der Waals surface area contributed by atoms with Crippen molar-refractivity contribution in [2.75, 3.05) is 6.54 Å². The Labute approximate surface area is 121 Å². The monoisotopic (exact) mass is 268 g/mol. The zero-order valence-corrected chi connectivity index (χ0v) is 12.1. The molecule has 1 aromatic carbocycles. The second kappa shape index (κ2) is 6.76. The molecule has 0 radical (unpaired) electrons. The maximum atomic E-state index is 3.62. The third-order valence-corrected chi connectivity index (χ3v) is 4.33. The van der Waals surface area contributed by atoms with Crippen molar-refractivity contribution in [2.45, 2.75) is 38.6 Å². The zero-order valence-electron chi connectivity index (χ0n) is 12.1. The molecule has 0 spiro atoms. The fourth-order valence-corrected chi connectivity index (χ4v) is 3.10. The number of nitrogens with one attached hydrogen (secondary N) is 1. The van der Waals surface area contributed by atoms with Crippen molar-refractivity contribution in [3.05, 3.63) is 54.4 Å². The van der Waals surface area contributed by atoms with Crippen LogP contribution in [0.25, 0.3) is 5.69 Å². The average Bonchev–Trinajstić information content (AvgIpc) is 3.03. The number of aromatic nitrogens is 1. The Balaban J connectivity index is 1.48. The van der Waals surface area contributed by atoms with Gasteiger partial charge in [0.2, 0.25) is 0 Å². The predicted octanol–water partition coefficient (Wildman–Crippen LogP) is 4.15. The van der Waals surface area contributed by atoms with Gasteiger partial charge in [0.1, 0.15) is 0 Å². The Bertz CT molecular complexity index is 493. The topological polar surface area (TPSA) is 17.0 Å². The summed E-state index contributed by atoms with van der Waals surface area (Å²) in [5.41, 5.74) is 2.60. The van der Waals surface area contributed by atoms with Crippen molar-refractivity contribution < 1.29 is 0 Å². The molecule has 1 aromatic heterocycles. The summed E-state index contributed by atoms with van der Waals surface area (Å²) in [6, 6.07) is 12.9. The molecule has 0 unspecified atom stereocenters. The van der Waals surface area contributed by atoms with Crippen molar-refractivity contribution in [3.63, 3.8) is 0 Å². The van der Waals surface area contributed by atoms with Crippen molar-refractivity contribution in [2.24, 2.45) is 5.92 Å². The van der Waals surface area contributed by atoms with Crippen molar-refractivity contribution in [1.82, 2.24) is 9.88 Å². The highest BCUT2D eigenvalue weighted by molar-refractivity contribution is 5.35. The van der Waals surface area contributed by atoms with E-state index in [9.17, 15) is 0 Å². The summed E-state index contributed by atoms with van der Waals surface area (Å²) in [5, 5.41) is 3.62. The summed E-state index contributed by atoms with van der Waals surface area (Å²) < 4.78 is 2.14. The molecule has 1 aliphatic rings. The van der Waals surface area contributed by atoms with E-state index in [-0.39, 0.29) is 0 Å². The Kier molecular flexibility index (Phi) is 4.54. The molecule has 2 nitrogen and oxygen atoms in total. The van der Waals surface area contributed by atoms with Gasteiger partial charge in [-0.05, 0) is 55.1 Å². The SMILES string of the molecule is c1ccn(-c2ccc(CNCC3CCCCC3)cc2)c1. The molecule has 106 valence electrons. The lowest BCUT2D eigenvalue weighted by Gasteiger charge is -2.21. The minimum Gasteiger partial charge on any atom is -0.324 e. The van der Waals surface area contributed by atoms with Gasteiger partial charge in [-0.2, -0.15) is 0 Å². The number of hydrogen-bond donors (Lipinski definition) is 1. The maximum absolute atomic E-state index is 3.62. The lowest BCUT2D eigenvalue weighted by molar-refractivity contribution is 0.342. The molecule has 2 heteroatoms. The molecular formula is C18H24N2. The molecule has 0 bridgehead atoms. The molecule has 0 aliphatic heterocycles. The normalized spacial score (nSPS) is 16.4. The van der Waals surface area contributed by atoms with E-state index in [0.29, 0.717) is 0 Å². The molecule has 0 amide bonds. The molecule has 0 saturated heterocycles. The highest BCUT2D eigenvalue weighted by Gasteiger charge is 2.12.